The number of fused-ring (bicyclic) bond motifs is 1. The van der Waals surface area contributed by atoms with Crippen LogP contribution in [0.3, 0.4) is 0 Å². The molecular formula is C10H10FNS. The van der Waals surface area contributed by atoms with Gasteiger partial charge in [0.1, 0.15) is 5.82 Å². The Morgan fingerprint density at radius 1 is 1.46 bits per heavy atom. The van der Waals surface area contributed by atoms with Crippen LogP contribution in [-0.4, -0.2) is 4.98 Å². The van der Waals surface area contributed by atoms with E-state index in [9.17, 15) is 4.39 Å². The van der Waals surface area contributed by atoms with Gasteiger partial charge in [0, 0.05) is 0 Å². The molecule has 68 valence electrons. The molecule has 0 fully saturated rings. The van der Waals surface area contributed by atoms with Crippen LogP contribution in [0.5, 0.6) is 0 Å². The number of aromatic nitrogens is 1. The quantitative estimate of drug-likeness (QED) is 0.680. The van der Waals surface area contributed by atoms with E-state index in [1.807, 2.05) is 6.92 Å². The van der Waals surface area contributed by atoms with Gasteiger partial charge in [-0.2, -0.15) is 0 Å². The van der Waals surface area contributed by atoms with Gasteiger partial charge >= 0.3 is 0 Å². The van der Waals surface area contributed by atoms with Gasteiger partial charge < -0.3 is 0 Å². The van der Waals surface area contributed by atoms with Crippen LogP contribution in [0.15, 0.2) is 12.1 Å². The first-order valence-electron chi connectivity index (χ1n) is 4.26. The number of halogens is 1. The van der Waals surface area contributed by atoms with Crippen LogP contribution in [0, 0.1) is 12.7 Å². The normalized spacial score (nSPS) is 11.0. The summed E-state index contributed by atoms with van der Waals surface area (Å²) in [6, 6.07) is 3.08. The standard InChI is InChI=1S/C10H10FNS/c1-3-9-12-10-6(2)4-7(11)5-8(10)13-9/h4-5H,3H2,1-2H3. The molecule has 0 aliphatic heterocycles. The third-order valence-corrected chi connectivity index (χ3v) is 3.14. The highest BCUT2D eigenvalue weighted by Crippen LogP contribution is 2.25. The monoisotopic (exact) mass is 195 g/mol. The van der Waals surface area contributed by atoms with Crippen LogP contribution in [0.25, 0.3) is 10.2 Å². The van der Waals surface area contributed by atoms with Crippen LogP contribution < -0.4 is 0 Å². The average Bonchev–Trinajstić information content (AvgIpc) is 2.47. The molecule has 1 nitrogen and oxygen atoms in total. The minimum absolute atomic E-state index is 0.170. The zero-order valence-corrected chi connectivity index (χ0v) is 8.41. The molecule has 2 aromatic rings. The Morgan fingerprint density at radius 2 is 2.23 bits per heavy atom. The van der Waals surface area contributed by atoms with Crippen molar-refractivity contribution in [2.75, 3.05) is 0 Å². The Bertz CT molecular complexity index is 447. The summed E-state index contributed by atoms with van der Waals surface area (Å²) in [6.45, 7) is 3.95. The lowest BCUT2D eigenvalue weighted by molar-refractivity contribution is 0.629. The van der Waals surface area contributed by atoms with E-state index in [0.29, 0.717) is 0 Å². The minimum Gasteiger partial charge on any atom is -0.241 e. The van der Waals surface area contributed by atoms with Crippen molar-refractivity contribution in [3.05, 3.63) is 28.5 Å². The lowest BCUT2D eigenvalue weighted by atomic mass is 10.2. The average molecular weight is 195 g/mol. The summed E-state index contributed by atoms with van der Waals surface area (Å²) in [7, 11) is 0. The van der Waals surface area contributed by atoms with Gasteiger partial charge in [0.2, 0.25) is 0 Å². The van der Waals surface area contributed by atoms with E-state index in [1.165, 1.54) is 6.07 Å². The first-order valence-corrected chi connectivity index (χ1v) is 5.08. The first-order chi connectivity index (χ1) is 6.20. The molecule has 0 N–H and O–H groups in total. The lowest BCUT2D eigenvalue weighted by Crippen LogP contribution is -1.80. The van der Waals surface area contributed by atoms with Crippen LogP contribution in [-0.2, 0) is 6.42 Å². The van der Waals surface area contributed by atoms with Crippen molar-refractivity contribution >= 4 is 21.6 Å². The molecule has 0 saturated carbocycles. The Labute approximate surface area is 80.2 Å². The highest BCUT2D eigenvalue weighted by Gasteiger charge is 2.06. The molecule has 0 unspecified atom stereocenters. The molecule has 0 aliphatic rings. The van der Waals surface area contributed by atoms with Gasteiger partial charge in [-0.05, 0) is 31.0 Å². The molecule has 1 aromatic carbocycles. The van der Waals surface area contributed by atoms with Gasteiger partial charge in [-0.25, -0.2) is 9.37 Å². The third-order valence-electron chi connectivity index (χ3n) is 2.00. The highest BCUT2D eigenvalue weighted by molar-refractivity contribution is 7.18. The van der Waals surface area contributed by atoms with E-state index in [2.05, 4.69) is 11.9 Å². The third kappa shape index (κ3) is 1.44. The van der Waals surface area contributed by atoms with Crippen molar-refractivity contribution < 1.29 is 4.39 Å². The largest absolute Gasteiger partial charge is 0.241 e. The van der Waals surface area contributed by atoms with E-state index < -0.39 is 0 Å². The van der Waals surface area contributed by atoms with Crippen molar-refractivity contribution in [1.29, 1.82) is 0 Å². The number of aryl methyl sites for hydroxylation is 2. The van der Waals surface area contributed by atoms with Crippen LogP contribution in [0.4, 0.5) is 4.39 Å². The molecule has 0 aliphatic carbocycles. The predicted molar refractivity (Wildman–Crippen MR) is 53.7 cm³/mol. The molecule has 1 aromatic heterocycles. The fourth-order valence-electron chi connectivity index (χ4n) is 1.35. The molecule has 0 saturated heterocycles. The number of hydrogen-bond donors (Lipinski definition) is 0. The van der Waals surface area contributed by atoms with E-state index in [-0.39, 0.29) is 5.82 Å². The Kier molecular flexibility index (Phi) is 2.04. The van der Waals surface area contributed by atoms with Crippen LogP contribution in [0.1, 0.15) is 17.5 Å². The predicted octanol–water partition coefficient (Wildman–Crippen LogP) is 3.31. The van der Waals surface area contributed by atoms with Crippen molar-refractivity contribution in [2.24, 2.45) is 0 Å². The van der Waals surface area contributed by atoms with Gasteiger partial charge in [0.15, 0.2) is 0 Å². The summed E-state index contributed by atoms with van der Waals surface area (Å²) in [5.74, 6) is -0.170. The summed E-state index contributed by atoms with van der Waals surface area (Å²) >= 11 is 1.57. The lowest BCUT2D eigenvalue weighted by Gasteiger charge is -1.93. The van der Waals surface area contributed by atoms with Crippen molar-refractivity contribution in [3.63, 3.8) is 0 Å². The molecule has 3 heteroatoms. The molecule has 0 bridgehead atoms. The fraction of sp³-hybridized carbons (Fsp3) is 0.300. The Morgan fingerprint density at radius 3 is 2.92 bits per heavy atom. The van der Waals surface area contributed by atoms with Crippen molar-refractivity contribution in [3.8, 4) is 0 Å². The zero-order valence-electron chi connectivity index (χ0n) is 7.60. The maximum absolute atomic E-state index is 13.0. The Balaban J connectivity index is 2.75. The minimum atomic E-state index is -0.170. The second kappa shape index (κ2) is 3.07. The molecule has 1 heterocycles. The molecule has 0 spiro atoms. The second-order valence-electron chi connectivity index (χ2n) is 3.03. The number of nitrogens with zero attached hydrogens (tertiary/aromatic N) is 1. The van der Waals surface area contributed by atoms with Gasteiger partial charge in [-0.15, -0.1) is 11.3 Å². The van der Waals surface area contributed by atoms with Gasteiger partial charge in [0.05, 0.1) is 15.2 Å². The maximum Gasteiger partial charge on any atom is 0.125 e. The summed E-state index contributed by atoms with van der Waals surface area (Å²) in [4.78, 5) is 4.42. The highest BCUT2D eigenvalue weighted by atomic mass is 32.1. The number of thiazole rings is 1. The van der Waals surface area contributed by atoms with E-state index in [4.69, 9.17) is 0 Å². The van der Waals surface area contributed by atoms with Crippen molar-refractivity contribution in [2.45, 2.75) is 20.3 Å². The summed E-state index contributed by atoms with van der Waals surface area (Å²) in [5, 5.41) is 1.07. The molecule has 2 rings (SSSR count). The maximum atomic E-state index is 13.0. The number of hydrogen-bond acceptors (Lipinski definition) is 2. The zero-order chi connectivity index (χ0) is 9.42. The van der Waals surface area contributed by atoms with Gasteiger partial charge in [0.25, 0.3) is 0 Å². The topological polar surface area (TPSA) is 12.9 Å². The summed E-state index contributed by atoms with van der Waals surface area (Å²) < 4.78 is 13.9. The van der Waals surface area contributed by atoms with Gasteiger partial charge in [-0.1, -0.05) is 6.92 Å². The molecule has 0 radical (unpaired) electrons. The molecule has 0 atom stereocenters. The van der Waals surface area contributed by atoms with E-state index >= 15 is 0 Å². The van der Waals surface area contributed by atoms with E-state index in [0.717, 1.165) is 27.2 Å². The van der Waals surface area contributed by atoms with Crippen LogP contribution >= 0.6 is 11.3 Å². The smallest absolute Gasteiger partial charge is 0.125 e. The summed E-state index contributed by atoms with van der Waals surface area (Å²) in [5.41, 5.74) is 1.87. The molecule has 13 heavy (non-hydrogen) atoms. The fourth-order valence-corrected chi connectivity index (χ4v) is 2.36. The number of rotatable bonds is 1. The SMILES string of the molecule is CCc1nc2c(C)cc(F)cc2s1. The molecular weight excluding hydrogens is 185 g/mol. The van der Waals surface area contributed by atoms with E-state index in [1.54, 1.807) is 17.4 Å². The number of benzene rings is 1. The Hall–Kier alpha value is -0.960. The molecule has 0 amide bonds. The van der Waals surface area contributed by atoms with Crippen LogP contribution in [0.2, 0.25) is 0 Å². The van der Waals surface area contributed by atoms with Gasteiger partial charge in [-0.3, -0.25) is 0 Å². The van der Waals surface area contributed by atoms with Crippen molar-refractivity contribution in [1.82, 2.24) is 4.98 Å². The first kappa shape index (κ1) is 8.63. The second-order valence-corrected chi connectivity index (χ2v) is 4.15. The summed E-state index contributed by atoms with van der Waals surface area (Å²) in [6.07, 6.45) is 0.917.